The van der Waals surface area contributed by atoms with Gasteiger partial charge in [-0.3, -0.25) is 31.9 Å². The Morgan fingerprint density at radius 2 is 0.904 bits per heavy atom. The highest BCUT2D eigenvalue weighted by atomic mass is 31.2. The first-order valence-corrected chi connectivity index (χ1v) is 27.7. The number of hydrogen-bond acceptors (Lipinski definition) is 27. The number of phosphoric ester groups is 3. The number of amides is 1. The van der Waals surface area contributed by atoms with Crippen LogP contribution in [0.5, 0.6) is 0 Å². The second kappa shape index (κ2) is 31.6. The number of carbonyl (C=O) groups excluding carboxylic acids is 1. The summed E-state index contributed by atoms with van der Waals surface area (Å²) in [5.74, 6) is -2.46. The molecule has 0 aromatic carbocycles. The van der Waals surface area contributed by atoms with Crippen molar-refractivity contribution in [3.05, 3.63) is 0 Å². The Balaban J connectivity index is 1.55. The van der Waals surface area contributed by atoms with Gasteiger partial charge in [-0.2, -0.15) is 0 Å². The largest absolute Gasteiger partial charge is 0.474 e. The van der Waals surface area contributed by atoms with E-state index in [0.717, 1.165) is 6.92 Å². The molecule has 9 unspecified atom stereocenters. The third-order valence-corrected chi connectivity index (χ3v) is 15.1. The monoisotopic (exact) mass is 1130 g/mol. The maximum absolute atomic E-state index is 12.8. The predicted octanol–water partition coefficient (Wildman–Crippen LogP) is -3.10. The predicted molar refractivity (Wildman–Crippen MR) is 241 cm³/mol. The summed E-state index contributed by atoms with van der Waals surface area (Å²) in [6.07, 6.45) is -15.5. The van der Waals surface area contributed by atoms with Crippen LogP contribution in [0.1, 0.15) is 47.5 Å². The van der Waals surface area contributed by atoms with E-state index in [1.165, 1.54) is 13.8 Å². The van der Waals surface area contributed by atoms with Gasteiger partial charge in [-0.1, -0.05) is 27.7 Å². The Kier molecular flexibility index (Phi) is 28.8. The fourth-order valence-electron chi connectivity index (χ4n) is 7.61. The second-order valence-corrected chi connectivity index (χ2v) is 22.1. The van der Waals surface area contributed by atoms with Crippen LogP contribution in [0, 0.1) is 23.2 Å². The Hall–Kier alpha value is -0.880. The summed E-state index contributed by atoms with van der Waals surface area (Å²) >= 11 is 0. The lowest BCUT2D eigenvalue weighted by atomic mass is 9.75. The Morgan fingerprint density at radius 1 is 0.548 bits per heavy atom. The second-order valence-electron chi connectivity index (χ2n) is 17.7. The molecular weight excluding hydrogens is 1060 g/mol. The number of hydrogen-bond donors (Lipinski definition) is 13. The molecule has 18 atom stereocenters. The minimum absolute atomic E-state index is 0.00797. The molecule has 3 aliphatic heterocycles. The molecule has 3 aliphatic rings. The van der Waals surface area contributed by atoms with Gasteiger partial charge in [0.05, 0.1) is 91.5 Å². The molecule has 0 aromatic rings. The van der Waals surface area contributed by atoms with Crippen molar-refractivity contribution in [1.29, 1.82) is 0 Å². The molecule has 34 heteroatoms. The van der Waals surface area contributed by atoms with Crippen LogP contribution in [0.2, 0.25) is 0 Å². The molecule has 3 heterocycles. The zero-order valence-corrected chi connectivity index (χ0v) is 43.8. The fraction of sp³-hybridized carbons (Fsp3) is 0.974. The van der Waals surface area contributed by atoms with Gasteiger partial charge in [0.1, 0.15) is 48.8 Å². The van der Waals surface area contributed by atoms with Gasteiger partial charge in [0.15, 0.2) is 32.5 Å². The summed E-state index contributed by atoms with van der Waals surface area (Å²) in [7, 11) is -14.3. The number of carbonyl (C=O) groups is 1. The minimum Gasteiger partial charge on any atom is -0.394 e. The number of aliphatic hydroxyl groups excluding tert-OH is 9. The molecule has 0 bridgehead atoms. The molecule has 31 nitrogen and oxygen atoms in total. The van der Waals surface area contributed by atoms with E-state index in [4.69, 9.17) is 65.0 Å². The quantitative estimate of drug-likeness (QED) is 0.0170. The number of aliphatic hydroxyl groups is 9. The summed E-state index contributed by atoms with van der Waals surface area (Å²) in [5.41, 5.74) is -1.11. The van der Waals surface area contributed by atoms with Gasteiger partial charge in [0, 0.05) is 24.2 Å². The van der Waals surface area contributed by atoms with Crippen LogP contribution in [-0.4, -0.2) is 239 Å². The lowest BCUT2D eigenvalue weighted by Crippen LogP contribution is -2.64. The molecule has 1 amide bonds. The highest BCUT2D eigenvalue weighted by molar-refractivity contribution is 7.47. The average Bonchev–Trinajstić information content (AvgIpc) is 3.33. The lowest BCUT2D eigenvalue weighted by Gasteiger charge is -2.42. The van der Waals surface area contributed by atoms with Crippen molar-refractivity contribution in [2.45, 2.75) is 127 Å². The third-order valence-electron chi connectivity index (χ3n) is 12.2. The molecule has 3 fully saturated rings. The molecule has 13 N–H and O–H groups in total. The van der Waals surface area contributed by atoms with Crippen molar-refractivity contribution in [1.82, 2.24) is 5.32 Å². The Labute approximate surface area is 421 Å². The smallest absolute Gasteiger partial charge is 0.394 e. The summed E-state index contributed by atoms with van der Waals surface area (Å²) in [5, 5.41) is 91.8. The summed E-state index contributed by atoms with van der Waals surface area (Å²) in [6.45, 7) is 0.397. The molecule has 432 valence electrons. The number of nitrogens with one attached hydrogen (secondary N) is 1. The van der Waals surface area contributed by atoms with Crippen LogP contribution in [0.4, 0.5) is 0 Å². The van der Waals surface area contributed by atoms with Gasteiger partial charge in [0.2, 0.25) is 5.91 Å². The molecule has 0 aromatic heterocycles. The number of phosphoric acid groups is 3. The standard InChI is InChI=1S/C39H76NO30P3/c1-22(2)39(18-57-20-66-72(53,54)64-12-9-59-36-23(3)30(45)32(47)26(15-41)68-36,19-58-21-67-73(55,56)65-13-10-60-37-24(4)31(46)33(48)27(16-42)69-37)7-6-8-62-71(51,52)63-14-11-61-38-29(40-25(5)44)35(50)34(49)28(17-43)70-38/h22-24,26-38,41-43,45-50H,6-21H2,1-5H3,(H,40,44)(H,51,52)(H,53,54)(H,55,56)/t23?,24?,26?,27?,28?,29?,30-,31-,32+,33+,34+,35-,36-,37-,38-,39?/m1/s1. The Bertz CT molecular complexity index is 1670. The maximum Gasteiger partial charge on any atom is 0.474 e. The van der Waals surface area contributed by atoms with E-state index in [-0.39, 0.29) is 45.2 Å². The number of ether oxygens (including phenoxy) is 8. The third kappa shape index (κ3) is 21.4. The van der Waals surface area contributed by atoms with Crippen molar-refractivity contribution in [3.63, 3.8) is 0 Å². The van der Waals surface area contributed by atoms with Crippen molar-refractivity contribution in [2.24, 2.45) is 23.2 Å². The van der Waals surface area contributed by atoms with Crippen molar-refractivity contribution in [3.8, 4) is 0 Å². The van der Waals surface area contributed by atoms with Crippen LogP contribution >= 0.6 is 23.5 Å². The van der Waals surface area contributed by atoms with Crippen LogP contribution in [0.3, 0.4) is 0 Å². The van der Waals surface area contributed by atoms with E-state index in [9.17, 15) is 79.1 Å². The average molecular weight is 1130 g/mol. The van der Waals surface area contributed by atoms with E-state index in [2.05, 4.69) is 5.32 Å². The van der Waals surface area contributed by atoms with E-state index < -0.39 is 193 Å². The maximum atomic E-state index is 12.8. The molecule has 0 aliphatic carbocycles. The molecule has 0 radical (unpaired) electrons. The van der Waals surface area contributed by atoms with E-state index >= 15 is 0 Å². The summed E-state index contributed by atoms with van der Waals surface area (Å²) in [6, 6.07) is -1.27. The SMILES string of the molecule is CC(=O)NC1[C@H](OCCOP(=O)(O)OCCCC(COCOP(=O)(O)OCCO[C@@H]2OC(CO)[C@H](O)[C@H](O)C2C)(COCOP(=O)(O)OCCO[C@@H]2OC(CO)[C@H](O)[C@H](O)C2C)C(C)C)OC(CO)[C@H](O)[C@@H]1O. The van der Waals surface area contributed by atoms with E-state index in [1.54, 1.807) is 13.8 Å². The van der Waals surface area contributed by atoms with E-state index in [0.29, 0.717) is 0 Å². The highest BCUT2D eigenvalue weighted by Crippen LogP contribution is 2.46. The molecule has 0 spiro atoms. The molecule has 0 saturated carbocycles. The van der Waals surface area contributed by atoms with Gasteiger partial charge in [0.25, 0.3) is 0 Å². The first-order chi connectivity index (χ1) is 34.2. The zero-order valence-electron chi connectivity index (χ0n) is 41.1. The van der Waals surface area contributed by atoms with Gasteiger partial charge < -0.3 is 104 Å². The van der Waals surface area contributed by atoms with Gasteiger partial charge in [-0.05, 0) is 18.8 Å². The molecular formula is C39H76NO30P3. The van der Waals surface area contributed by atoms with Crippen LogP contribution in [0.15, 0.2) is 0 Å². The summed E-state index contributed by atoms with van der Waals surface area (Å²) < 4.78 is 112. The topological polar surface area (TPSA) is 452 Å². The van der Waals surface area contributed by atoms with Gasteiger partial charge in [-0.15, -0.1) is 0 Å². The normalized spacial score (nSPS) is 34.4. The summed E-state index contributed by atoms with van der Waals surface area (Å²) in [4.78, 5) is 42.6. The van der Waals surface area contributed by atoms with Crippen molar-refractivity contribution < 1.29 is 144 Å². The van der Waals surface area contributed by atoms with Crippen molar-refractivity contribution in [2.75, 3.05) is 92.9 Å². The lowest BCUT2D eigenvalue weighted by molar-refractivity contribution is -0.283. The zero-order chi connectivity index (χ0) is 54.7. The van der Waals surface area contributed by atoms with E-state index in [1.807, 2.05) is 0 Å². The van der Waals surface area contributed by atoms with Crippen LogP contribution < -0.4 is 5.32 Å². The van der Waals surface area contributed by atoms with Crippen LogP contribution in [0.25, 0.3) is 0 Å². The highest BCUT2D eigenvalue weighted by Gasteiger charge is 2.46. The first kappa shape index (κ1) is 66.4. The first-order valence-electron chi connectivity index (χ1n) is 23.2. The fourth-order valence-corrected chi connectivity index (χ4v) is 9.52. The number of rotatable bonds is 35. The molecule has 3 saturated heterocycles. The molecule has 73 heavy (non-hydrogen) atoms. The van der Waals surface area contributed by atoms with Gasteiger partial charge >= 0.3 is 23.5 Å². The minimum atomic E-state index is -4.79. The van der Waals surface area contributed by atoms with Crippen LogP contribution in [-0.2, 0) is 83.5 Å². The van der Waals surface area contributed by atoms with Gasteiger partial charge in [-0.25, -0.2) is 13.7 Å². The van der Waals surface area contributed by atoms with Crippen molar-refractivity contribution >= 4 is 29.4 Å². The Morgan fingerprint density at radius 3 is 1.29 bits per heavy atom. The molecule has 3 rings (SSSR count).